The fourth-order valence-corrected chi connectivity index (χ4v) is 2.79. The number of thioether (sulfide) groups is 1. The second-order valence-corrected chi connectivity index (χ2v) is 5.47. The predicted octanol–water partition coefficient (Wildman–Crippen LogP) is 3.93. The topological polar surface area (TPSA) is 46.5 Å². The molecule has 0 spiro atoms. The first-order valence-corrected chi connectivity index (χ1v) is 7.36. The average Bonchev–Trinajstić information content (AvgIpc) is 2.48. The van der Waals surface area contributed by atoms with Gasteiger partial charge in [0.2, 0.25) is 0 Å². The Morgan fingerprint density at radius 1 is 1.19 bits per heavy atom. The Labute approximate surface area is 126 Å². The van der Waals surface area contributed by atoms with Crippen LogP contribution in [0.25, 0.3) is 0 Å². The first-order valence-electron chi connectivity index (χ1n) is 6.48. The number of carbonyl (C=O) groups is 1. The molecule has 0 fully saturated rings. The Morgan fingerprint density at radius 2 is 1.81 bits per heavy atom. The molecular weight excluding hydrogens is 291 g/mol. The Kier molecular flexibility index (Phi) is 5.22. The number of esters is 1. The van der Waals surface area contributed by atoms with Crippen LogP contribution >= 0.6 is 11.8 Å². The van der Waals surface area contributed by atoms with Gasteiger partial charge in [-0.2, -0.15) is 0 Å². The molecule has 0 heterocycles. The van der Waals surface area contributed by atoms with Gasteiger partial charge in [-0.15, -0.1) is 11.8 Å². The van der Waals surface area contributed by atoms with E-state index in [4.69, 9.17) is 4.74 Å². The van der Waals surface area contributed by atoms with Crippen molar-refractivity contribution in [1.82, 2.24) is 0 Å². The van der Waals surface area contributed by atoms with Crippen molar-refractivity contribution >= 4 is 17.7 Å². The molecule has 0 aliphatic carbocycles. The lowest BCUT2D eigenvalue weighted by Crippen LogP contribution is -2.13. The van der Waals surface area contributed by atoms with Gasteiger partial charge in [0.05, 0.1) is 6.61 Å². The molecule has 0 aliphatic rings. The molecule has 0 aromatic heterocycles. The number of hydrogen-bond donors (Lipinski definition) is 1. The largest absolute Gasteiger partial charge is 0.508 e. The fraction of sp³-hybridized carbons (Fsp3) is 0.188. The molecule has 3 nitrogen and oxygen atoms in total. The van der Waals surface area contributed by atoms with Gasteiger partial charge in [0, 0.05) is 4.90 Å². The van der Waals surface area contributed by atoms with Crippen LogP contribution in [0.3, 0.4) is 0 Å². The molecule has 0 radical (unpaired) electrons. The van der Waals surface area contributed by atoms with Crippen LogP contribution < -0.4 is 0 Å². The number of phenolic OH excluding ortho intramolecular Hbond substituents is 1. The quantitative estimate of drug-likeness (QED) is 0.671. The van der Waals surface area contributed by atoms with Crippen molar-refractivity contribution in [2.24, 2.45) is 0 Å². The molecule has 0 saturated heterocycles. The molecule has 110 valence electrons. The standard InChI is InChI=1S/C16H15FO3S/c1-2-20-16(19)15(11-3-5-12(17)6-4-11)21-14-9-7-13(18)8-10-14/h3-10,15,18H,2H2,1H3. The molecule has 1 atom stereocenters. The van der Waals surface area contributed by atoms with E-state index in [1.165, 1.54) is 23.9 Å². The Morgan fingerprint density at radius 3 is 2.38 bits per heavy atom. The van der Waals surface area contributed by atoms with E-state index in [1.54, 1.807) is 43.3 Å². The van der Waals surface area contributed by atoms with Crippen LogP contribution in [-0.4, -0.2) is 17.7 Å². The van der Waals surface area contributed by atoms with Crippen molar-refractivity contribution in [2.45, 2.75) is 17.1 Å². The van der Waals surface area contributed by atoms with Crippen LogP contribution in [0.4, 0.5) is 4.39 Å². The summed E-state index contributed by atoms with van der Waals surface area (Å²) in [5.41, 5.74) is 0.674. The molecule has 0 saturated carbocycles. The summed E-state index contributed by atoms with van der Waals surface area (Å²) in [6.45, 7) is 2.03. The maximum atomic E-state index is 13.0. The Hall–Kier alpha value is -2.01. The molecule has 5 heteroatoms. The normalized spacial score (nSPS) is 11.9. The summed E-state index contributed by atoms with van der Waals surface area (Å²) in [4.78, 5) is 12.9. The summed E-state index contributed by atoms with van der Waals surface area (Å²) >= 11 is 1.30. The minimum atomic E-state index is -0.574. The van der Waals surface area contributed by atoms with E-state index < -0.39 is 5.25 Å². The molecular formula is C16H15FO3S. The summed E-state index contributed by atoms with van der Waals surface area (Å²) in [6.07, 6.45) is 0. The third-order valence-electron chi connectivity index (χ3n) is 2.76. The van der Waals surface area contributed by atoms with E-state index >= 15 is 0 Å². The summed E-state index contributed by atoms with van der Waals surface area (Å²) in [7, 11) is 0. The number of aromatic hydroxyl groups is 1. The third kappa shape index (κ3) is 4.23. The second kappa shape index (κ2) is 7.13. The van der Waals surface area contributed by atoms with E-state index in [1.807, 2.05) is 0 Å². The maximum Gasteiger partial charge on any atom is 0.323 e. The molecule has 0 amide bonds. The lowest BCUT2D eigenvalue weighted by Gasteiger charge is -2.15. The van der Waals surface area contributed by atoms with Crippen molar-refractivity contribution in [3.05, 3.63) is 59.9 Å². The van der Waals surface area contributed by atoms with Crippen LogP contribution in [0.1, 0.15) is 17.7 Å². The van der Waals surface area contributed by atoms with E-state index in [0.717, 1.165) is 4.90 Å². The number of phenols is 1. The number of carbonyl (C=O) groups excluding carboxylic acids is 1. The van der Waals surface area contributed by atoms with Gasteiger partial charge < -0.3 is 9.84 Å². The fourth-order valence-electron chi connectivity index (χ4n) is 1.77. The van der Waals surface area contributed by atoms with Gasteiger partial charge in [0.15, 0.2) is 0 Å². The number of hydrogen-bond acceptors (Lipinski definition) is 4. The summed E-state index contributed by atoms with van der Waals surface area (Å²) in [5.74, 6) is -0.563. The van der Waals surface area contributed by atoms with Crippen molar-refractivity contribution in [2.75, 3.05) is 6.61 Å². The first-order chi connectivity index (χ1) is 10.1. The zero-order valence-electron chi connectivity index (χ0n) is 11.5. The van der Waals surface area contributed by atoms with E-state index in [2.05, 4.69) is 0 Å². The van der Waals surface area contributed by atoms with Crippen molar-refractivity contribution in [3.63, 3.8) is 0 Å². The molecule has 21 heavy (non-hydrogen) atoms. The van der Waals surface area contributed by atoms with E-state index in [-0.39, 0.29) is 24.1 Å². The van der Waals surface area contributed by atoms with Gasteiger partial charge in [0.1, 0.15) is 16.8 Å². The zero-order valence-corrected chi connectivity index (χ0v) is 12.3. The van der Waals surface area contributed by atoms with Crippen LogP contribution in [-0.2, 0) is 9.53 Å². The van der Waals surface area contributed by atoms with Crippen LogP contribution in [0.5, 0.6) is 5.75 Å². The second-order valence-electron chi connectivity index (χ2n) is 4.30. The van der Waals surface area contributed by atoms with Gasteiger partial charge >= 0.3 is 5.97 Å². The van der Waals surface area contributed by atoms with Crippen LogP contribution in [0.15, 0.2) is 53.4 Å². The molecule has 0 aliphatic heterocycles. The average molecular weight is 306 g/mol. The summed E-state index contributed by atoms with van der Waals surface area (Å²) in [5, 5.41) is 8.72. The molecule has 2 aromatic rings. The SMILES string of the molecule is CCOC(=O)C(Sc1ccc(O)cc1)c1ccc(F)cc1. The Bertz CT molecular complexity index is 596. The van der Waals surface area contributed by atoms with Crippen molar-refractivity contribution in [1.29, 1.82) is 0 Å². The number of rotatable bonds is 5. The minimum Gasteiger partial charge on any atom is -0.508 e. The predicted molar refractivity (Wildman–Crippen MR) is 79.7 cm³/mol. The number of ether oxygens (including phenoxy) is 1. The first kappa shape index (κ1) is 15.4. The van der Waals surface area contributed by atoms with Crippen molar-refractivity contribution < 1.29 is 19.0 Å². The minimum absolute atomic E-state index is 0.161. The highest BCUT2D eigenvalue weighted by molar-refractivity contribution is 8.00. The number of benzene rings is 2. The van der Waals surface area contributed by atoms with Gasteiger partial charge in [-0.25, -0.2) is 4.39 Å². The van der Waals surface area contributed by atoms with Crippen LogP contribution in [0, 0.1) is 5.82 Å². The van der Waals surface area contributed by atoms with E-state index in [9.17, 15) is 14.3 Å². The molecule has 1 N–H and O–H groups in total. The molecule has 2 rings (SSSR count). The lowest BCUT2D eigenvalue weighted by atomic mass is 10.1. The van der Waals surface area contributed by atoms with Gasteiger partial charge in [-0.3, -0.25) is 4.79 Å². The molecule has 0 bridgehead atoms. The van der Waals surface area contributed by atoms with Gasteiger partial charge in [0.25, 0.3) is 0 Å². The van der Waals surface area contributed by atoms with Gasteiger partial charge in [-0.05, 0) is 48.9 Å². The maximum absolute atomic E-state index is 13.0. The van der Waals surface area contributed by atoms with E-state index in [0.29, 0.717) is 5.56 Å². The lowest BCUT2D eigenvalue weighted by molar-refractivity contribution is -0.142. The monoisotopic (exact) mass is 306 g/mol. The molecule has 1 unspecified atom stereocenters. The highest BCUT2D eigenvalue weighted by atomic mass is 32.2. The summed E-state index contributed by atoms with van der Waals surface area (Å²) < 4.78 is 18.1. The third-order valence-corrected chi connectivity index (χ3v) is 4.01. The summed E-state index contributed by atoms with van der Waals surface area (Å²) in [6, 6.07) is 12.3. The smallest absolute Gasteiger partial charge is 0.323 e. The van der Waals surface area contributed by atoms with Crippen molar-refractivity contribution in [3.8, 4) is 5.75 Å². The van der Waals surface area contributed by atoms with Gasteiger partial charge in [-0.1, -0.05) is 12.1 Å². The molecule has 2 aromatic carbocycles. The zero-order chi connectivity index (χ0) is 15.2. The van der Waals surface area contributed by atoms with Crippen LogP contribution in [0.2, 0.25) is 0 Å². The highest BCUT2D eigenvalue weighted by Gasteiger charge is 2.23. The number of halogens is 1. The Balaban J connectivity index is 2.25. The highest BCUT2D eigenvalue weighted by Crippen LogP contribution is 2.36.